The van der Waals surface area contributed by atoms with Crippen LogP contribution in [0.2, 0.25) is 0 Å². The molecule has 1 aliphatic heterocycles. The van der Waals surface area contributed by atoms with Crippen LogP contribution < -0.4 is 0 Å². The number of carbonyl (C=O) groups excluding carboxylic acids is 1. The number of hydrogen-bond donors (Lipinski definition) is 1. The monoisotopic (exact) mass is 143 g/mol. The van der Waals surface area contributed by atoms with Gasteiger partial charge in [-0.3, -0.25) is 4.79 Å². The van der Waals surface area contributed by atoms with Gasteiger partial charge in [-0.05, 0) is 0 Å². The molecule has 0 aromatic rings. The van der Waals surface area contributed by atoms with E-state index in [0.29, 0.717) is 6.54 Å². The zero-order valence-corrected chi connectivity index (χ0v) is 5.70. The van der Waals surface area contributed by atoms with Crippen molar-refractivity contribution >= 4 is 11.9 Å². The van der Waals surface area contributed by atoms with E-state index in [1.807, 2.05) is 0 Å². The van der Waals surface area contributed by atoms with Crippen LogP contribution in [0.4, 0.5) is 4.79 Å². The normalized spacial score (nSPS) is 25.5. The smallest absolute Gasteiger partial charge is 0.407 e. The molecule has 1 atom stereocenters. The van der Waals surface area contributed by atoms with E-state index in [4.69, 9.17) is 5.11 Å². The van der Waals surface area contributed by atoms with E-state index in [0.717, 1.165) is 4.90 Å². The second-order valence-electron chi connectivity index (χ2n) is 2.53. The lowest BCUT2D eigenvalue weighted by atomic mass is 10.1. The Bertz CT molecular complexity index is 178. The number of nitrogens with zero attached hydrogens (tertiary/aromatic N) is 1. The third kappa shape index (κ3) is 1.10. The first-order valence-corrected chi connectivity index (χ1v) is 3.12. The predicted octanol–water partition coefficient (Wildman–Crippen LogP) is 0.185. The number of carbonyl (C=O) groups is 2. The molecular formula is C6H9NO3. The van der Waals surface area contributed by atoms with Crippen LogP contribution in [0.3, 0.4) is 0 Å². The first-order chi connectivity index (χ1) is 4.61. The van der Waals surface area contributed by atoms with E-state index in [-0.39, 0.29) is 18.2 Å². The molecule has 1 N–H and O–H groups in total. The minimum absolute atomic E-state index is 0.0161. The Hall–Kier alpha value is -1.06. The Kier molecular flexibility index (Phi) is 1.61. The molecule has 0 aromatic carbocycles. The van der Waals surface area contributed by atoms with Gasteiger partial charge in [0.1, 0.15) is 0 Å². The first-order valence-electron chi connectivity index (χ1n) is 3.12. The minimum atomic E-state index is -1.00. The average Bonchev–Trinajstić information content (AvgIpc) is 2.13. The van der Waals surface area contributed by atoms with Crippen LogP contribution in [-0.2, 0) is 4.79 Å². The van der Waals surface area contributed by atoms with Crippen LogP contribution in [0.25, 0.3) is 0 Å². The number of hydrogen-bond acceptors (Lipinski definition) is 2. The molecule has 0 radical (unpaired) electrons. The Labute approximate surface area is 58.4 Å². The molecule has 4 heteroatoms. The van der Waals surface area contributed by atoms with Crippen molar-refractivity contribution < 1.29 is 14.7 Å². The lowest BCUT2D eigenvalue weighted by molar-refractivity contribution is -0.119. The second-order valence-corrected chi connectivity index (χ2v) is 2.53. The number of rotatable bonds is 0. The van der Waals surface area contributed by atoms with Crippen molar-refractivity contribution in [3.05, 3.63) is 0 Å². The second kappa shape index (κ2) is 2.28. The van der Waals surface area contributed by atoms with Gasteiger partial charge in [-0.2, -0.15) is 0 Å². The fourth-order valence-corrected chi connectivity index (χ4v) is 0.987. The Morgan fingerprint density at radius 2 is 2.40 bits per heavy atom. The summed E-state index contributed by atoms with van der Waals surface area (Å²) >= 11 is 0. The molecule has 1 unspecified atom stereocenters. The summed E-state index contributed by atoms with van der Waals surface area (Å²) in [6, 6.07) is 0. The third-order valence-corrected chi connectivity index (χ3v) is 1.66. The van der Waals surface area contributed by atoms with Gasteiger partial charge in [-0.15, -0.1) is 0 Å². The molecule has 4 nitrogen and oxygen atoms in total. The lowest BCUT2D eigenvalue weighted by Gasteiger charge is -2.07. The number of carboxylic acid groups (broad SMARTS) is 1. The van der Waals surface area contributed by atoms with Gasteiger partial charge < -0.3 is 10.0 Å². The predicted molar refractivity (Wildman–Crippen MR) is 33.8 cm³/mol. The molecule has 1 amide bonds. The van der Waals surface area contributed by atoms with Crippen LogP contribution in [0.1, 0.15) is 6.92 Å². The van der Waals surface area contributed by atoms with Crippen LogP contribution in [0.15, 0.2) is 0 Å². The largest absolute Gasteiger partial charge is 0.465 e. The van der Waals surface area contributed by atoms with Crippen molar-refractivity contribution in [2.75, 3.05) is 13.1 Å². The van der Waals surface area contributed by atoms with Gasteiger partial charge in [-0.25, -0.2) is 4.79 Å². The Morgan fingerprint density at radius 3 is 2.60 bits per heavy atom. The van der Waals surface area contributed by atoms with Crippen molar-refractivity contribution in [1.82, 2.24) is 4.90 Å². The summed E-state index contributed by atoms with van der Waals surface area (Å²) in [6.07, 6.45) is -1.00. The van der Waals surface area contributed by atoms with E-state index in [1.54, 1.807) is 6.92 Å². The first kappa shape index (κ1) is 7.05. The molecule has 1 rings (SSSR count). The van der Waals surface area contributed by atoms with Gasteiger partial charge in [0.2, 0.25) is 0 Å². The topological polar surface area (TPSA) is 57.6 Å². The van der Waals surface area contributed by atoms with Crippen LogP contribution in [-0.4, -0.2) is 35.0 Å². The molecular weight excluding hydrogens is 134 g/mol. The van der Waals surface area contributed by atoms with E-state index in [9.17, 15) is 9.59 Å². The van der Waals surface area contributed by atoms with Crippen LogP contribution in [0, 0.1) is 5.92 Å². The van der Waals surface area contributed by atoms with Crippen molar-refractivity contribution in [3.8, 4) is 0 Å². The molecule has 1 fully saturated rings. The number of ketones is 1. The van der Waals surface area contributed by atoms with Gasteiger partial charge in [0.25, 0.3) is 0 Å². The van der Waals surface area contributed by atoms with E-state index >= 15 is 0 Å². The van der Waals surface area contributed by atoms with Gasteiger partial charge in [0, 0.05) is 12.5 Å². The molecule has 0 spiro atoms. The van der Waals surface area contributed by atoms with Crippen molar-refractivity contribution in [2.24, 2.45) is 5.92 Å². The van der Waals surface area contributed by atoms with E-state index < -0.39 is 6.09 Å². The molecule has 1 heterocycles. The van der Waals surface area contributed by atoms with E-state index in [2.05, 4.69) is 0 Å². The van der Waals surface area contributed by atoms with E-state index in [1.165, 1.54) is 0 Å². The molecule has 1 aliphatic rings. The fraction of sp³-hybridized carbons (Fsp3) is 0.667. The molecule has 56 valence electrons. The van der Waals surface area contributed by atoms with Crippen molar-refractivity contribution in [3.63, 3.8) is 0 Å². The van der Waals surface area contributed by atoms with Gasteiger partial charge in [0.15, 0.2) is 5.78 Å². The maximum Gasteiger partial charge on any atom is 0.407 e. The van der Waals surface area contributed by atoms with Gasteiger partial charge >= 0.3 is 6.09 Å². The molecule has 10 heavy (non-hydrogen) atoms. The maximum atomic E-state index is 10.8. The maximum absolute atomic E-state index is 10.8. The number of Topliss-reactive ketones (excluding diaryl/α,β-unsaturated/α-hetero) is 1. The van der Waals surface area contributed by atoms with Gasteiger partial charge in [-0.1, -0.05) is 6.92 Å². The average molecular weight is 143 g/mol. The minimum Gasteiger partial charge on any atom is -0.465 e. The van der Waals surface area contributed by atoms with Crippen LogP contribution in [0.5, 0.6) is 0 Å². The summed E-state index contributed by atoms with van der Waals surface area (Å²) < 4.78 is 0. The summed E-state index contributed by atoms with van der Waals surface area (Å²) in [5.74, 6) is -0.0986. The summed E-state index contributed by atoms with van der Waals surface area (Å²) in [5, 5.41) is 8.42. The lowest BCUT2D eigenvalue weighted by Crippen LogP contribution is -2.26. The summed E-state index contributed by atoms with van der Waals surface area (Å²) in [4.78, 5) is 22.2. The molecule has 1 saturated heterocycles. The van der Waals surface area contributed by atoms with Crippen molar-refractivity contribution in [2.45, 2.75) is 6.92 Å². The highest BCUT2D eigenvalue weighted by Gasteiger charge is 2.29. The zero-order chi connectivity index (χ0) is 7.72. The molecule has 0 bridgehead atoms. The summed E-state index contributed by atoms with van der Waals surface area (Å²) in [6.45, 7) is 2.16. The fourth-order valence-electron chi connectivity index (χ4n) is 0.987. The highest BCUT2D eigenvalue weighted by Crippen LogP contribution is 2.10. The van der Waals surface area contributed by atoms with Gasteiger partial charge in [0.05, 0.1) is 6.54 Å². The highest BCUT2D eigenvalue weighted by atomic mass is 16.4. The Morgan fingerprint density at radius 1 is 1.80 bits per heavy atom. The Balaban J connectivity index is 2.57. The zero-order valence-electron chi connectivity index (χ0n) is 5.70. The third-order valence-electron chi connectivity index (χ3n) is 1.66. The standard InChI is InChI=1S/C6H9NO3/c1-4-2-7(6(9)10)3-5(4)8/h4H,2-3H2,1H3,(H,9,10). The number of likely N-dealkylation sites (tertiary alicyclic amines) is 1. The number of amides is 1. The van der Waals surface area contributed by atoms with Crippen molar-refractivity contribution in [1.29, 1.82) is 0 Å². The summed E-state index contributed by atoms with van der Waals surface area (Å²) in [7, 11) is 0. The summed E-state index contributed by atoms with van der Waals surface area (Å²) in [5.41, 5.74) is 0. The molecule has 0 aliphatic carbocycles. The quantitative estimate of drug-likeness (QED) is 0.526. The SMILES string of the molecule is CC1CN(C(=O)O)CC1=O. The highest BCUT2D eigenvalue weighted by molar-refractivity contribution is 5.88. The molecule has 0 saturated carbocycles. The van der Waals surface area contributed by atoms with Crippen LogP contribution >= 0.6 is 0 Å². The molecule has 0 aromatic heterocycles.